The van der Waals surface area contributed by atoms with E-state index in [2.05, 4.69) is 12.2 Å². The standard InChI is InChI=1S/C7H8O/c1-2-5-3-4(1)6-7(5)8-6/h1-2,4-7H,3H2/t4-,5?,6?,7?/m0/s1. The van der Waals surface area contributed by atoms with Crippen molar-refractivity contribution >= 4 is 0 Å². The Bertz CT molecular complexity index is 146. The fraction of sp³-hybridized carbons (Fsp3) is 0.714. The lowest BCUT2D eigenvalue weighted by atomic mass is 10.1. The molecule has 0 aromatic carbocycles. The summed E-state index contributed by atoms with van der Waals surface area (Å²) >= 11 is 0. The molecule has 2 bridgehead atoms. The van der Waals surface area contributed by atoms with Gasteiger partial charge in [-0.25, -0.2) is 0 Å². The van der Waals surface area contributed by atoms with Gasteiger partial charge in [0.05, 0.1) is 12.2 Å². The van der Waals surface area contributed by atoms with Crippen molar-refractivity contribution in [1.29, 1.82) is 0 Å². The second kappa shape index (κ2) is 0.883. The first-order valence-electron chi connectivity index (χ1n) is 3.29. The molecule has 0 N–H and O–H groups in total. The molecule has 1 heterocycles. The van der Waals surface area contributed by atoms with Gasteiger partial charge >= 0.3 is 0 Å². The van der Waals surface area contributed by atoms with Crippen molar-refractivity contribution in [3.8, 4) is 0 Å². The van der Waals surface area contributed by atoms with Crippen molar-refractivity contribution in [1.82, 2.24) is 0 Å². The molecule has 3 aliphatic rings. The van der Waals surface area contributed by atoms with Crippen LogP contribution in [0, 0.1) is 11.8 Å². The van der Waals surface area contributed by atoms with E-state index in [9.17, 15) is 0 Å². The van der Waals surface area contributed by atoms with Crippen molar-refractivity contribution in [3.05, 3.63) is 12.2 Å². The average Bonchev–Trinajstić information content (AvgIpc) is 2.39. The monoisotopic (exact) mass is 108 g/mol. The zero-order chi connectivity index (χ0) is 5.14. The smallest absolute Gasteiger partial charge is 0.0910 e. The van der Waals surface area contributed by atoms with E-state index in [0.29, 0.717) is 12.2 Å². The lowest BCUT2D eigenvalue weighted by Gasteiger charge is -1.97. The van der Waals surface area contributed by atoms with Crippen molar-refractivity contribution in [2.75, 3.05) is 0 Å². The van der Waals surface area contributed by atoms with Crippen LogP contribution in [0.15, 0.2) is 12.2 Å². The Kier molecular flexibility index (Phi) is 0.406. The number of hydrogen-bond donors (Lipinski definition) is 0. The first-order valence-corrected chi connectivity index (χ1v) is 3.29. The quantitative estimate of drug-likeness (QED) is 0.332. The minimum Gasteiger partial charge on any atom is -0.368 e. The molecule has 0 radical (unpaired) electrons. The summed E-state index contributed by atoms with van der Waals surface area (Å²) in [4.78, 5) is 0. The minimum atomic E-state index is 0.657. The van der Waals surface area contributed by atoms with Gasteiger partial charge in [-0.15, -0.1) is 0 Å². The lowest BCUT2D eigenvalue weighted by molar-refractivity contribution is 0.274. The van der Waals surface area contributed by atoms with Gasteiger partial charge in [-0.3, -0.25) is 0 Å². The van der Waals surface area contributed by atoms with Gasteiger partial charge < -0.3 is 4.74 Å². The summed E-state index contributed by atoms with van der Waals surface area (Å²) in [6.07, 6.45) is 7.34. The van der Waals surface area contributed by atoms with E-state index < -0.39 is 0 Å². The van der Waals surface area contributed by atoms with Gasteiger partial charge in [0, 0.05) is 11.8 Å². The predicted octanol–water partition coefficient (Wildman–Crippen LogP) is 0.960. The molecule has 1 heteroatoms. The summed E-state index contributed by atoms with van der Waals surface area (Å²) in [6.45, 7) is 0. The zero-order valence-corrected chi connectivity index (χ0v) is 4.58. The Labute approximate surface area is 48.3 Å². The van der Waals surface area contributed by atoms with Crippen LogP contribution in [0.5, 0.6) is 0 Å². The molecule has 0 amide bonds. The fourth-order valence-corrected chi connectivity index (χ4v) is 2.07. The maximum atomic E-state index is 5.38. The Morgan fingerprint density at radius 3 is 2.12 bits per heavy atom. The van der Waals surface area contributed by atoms with Crippen LogP contribution in [0.1, 0.15) is 6.42 Å². The van der Waals surface area contributed by atoms with Crippen LogP contribution in [-0.2, 0) is 4.74 Å². The van der Waals surface area contributed by atoms with Crippen LogP contribution >= 0.6 is 0 Å². The largest absolute Gasteiger partial charge is 0.368 e. The highest BCUT2D eigenvalue weighted by Gasteiger charge is 2.57. The molecule has 1 saturated heterocycles. The summed E-state index contributed by atoms with van der Waals surface area (Å²) in [7, 11) is 0. The number of epoxide rings is 1. The van der Waals surface area contributed by atoms with Crippen LogP contribution in [0.2, 0.25) is 0 Å². The summed E-state index contributed by atoms with van der Waals surface area (Å²) < 4.78 is 5.38. The molecule has 2 aliphatic carbocycles. The Morgan fingerprint density at radius 1 is 1.12 bits per heavy atom. The van der Waals surface area contributed by atoms with E-state index in [4.69, 9.17) is 4.74 Å². The second-order valence-electron chi connectivity index (χ2n) is 3.01. The molecule has 3 rings (SSSR count). The third-order valence-electron chi connectivity index (χ3n) is 2.56. The van der Waals surface area contributed by atoms with Crippen LogP contribution < -0.4 is 0 Å². The third kappa shape index (κ3) is 0.244. The van der Waals surface area contributed by atoms with Gasteiger partial charge in [-0.1, -0.05) is 12.2 Å². The highest BCUT2D eigenvalue weighted by Crippen LogP contribution is 2.52. The zero-order valence-electron chi connectivity index (χ0n) is 4.58. The Balaban J connectivity index is 2.12. The maximum Gasteiger partial charge on any atom is 0.0910 e. The Hall–Kier alpha value is -0.300. The van der Waals surface area contributed by atoms with E-state index >= 15 is 0 Å². The SMILES string of the molecule is C1=C[C@H]2CC1C1OC12. The van der Waals surface area contributed by atoms with Crippen molar-refractivity contribution in [3.63, 3.8) is 0 Å². The Morgan fingerprint density at radius 2 is 1.75 bits per heavy atom. The van der Waals surface area contributed by atoms with Gasteiger partial charge in [0.15, 0.2) is 0 Å². The molecule has 4 atom stereocenters. The molecule has 0 spiro atoms. The molecule has 8 heavy (non-hydrogen) atoms. The second-order valence-corrected chi connectivity index (χ2v) is 3.01. The molecule has 1 nitrogen and oxygen atoms in total. The fourth-order valence-electron chi connectivity index (χ4n) is 2.07. The third-order valence-corrected chi connectivity index (χ3v) is 2.56. The van der Waals surface area contributed by atoms with Gasteiger partial charge in [0.2, 0.25) is 0 Å². The molecule has 0 aromatic rings. The normalized spacial score (nSPS) is 64.0. The lowest BCUT2D eigenvalue weighted by Crippen LogP contribution is -1.98. The van der Waals surface area contributed by atoms with Crippen LogP contribution in [-0.4, -0.2) is 12.2 Å². The molecule has 0 aromatic heterocycles. The molecule has 42 valence electrons. The maximum absolute atomic E-state index is 5.38. The van der Waals surface area contributed by atoms with Gasteiger partial charge in [0.25, 0.3) is 0 Å². The number of hydrogen-bond acceptors (Lipinski definition) is 1. The topological polar surface area (TPSA) is 12.5 Å². The predicted molar refractivity (Wildman–Crippen MR) is 29.4 cm³/mol. The van der Waals surface area contributed by atoms with Gasteiger partial charge in [-0.2, -0.15) is 0 Å². The molecular weight excluding hydrogens is 100 g/mol. The van der Waals surface area contributed by atoms with Gasteiger partial charge in [-0.05, 0) is 6.42 Å². The summed E-state index contributed by atoms with van der Waals surface area (Å²) in [6, 6.07) is 0. The molecule has 3 unspecified atom stereocenters. The average molecular weight is 108 g/mol. The van der Waals surface area contributed by atoms with Crippen molar-refractivity contribution in [2.45, 2.75) is 18.6 Å². The minimum absolute atomic E-state index is 0.657. The molecular formula is C7H8O. The molecule has 1 aliphatic heterocycles. The number of ether oxygens (including phenoxy) is 1. The first kappa shape index (κ1) is 3.67. The van der Waals surface area contributed by atoms with E-state index in [1.54, 1.807) is 0 Å². The summed E-state index contributed by atoms with van der Waals surface area (Å²) in [5.74, 6) is 1.62. The first-order chi connectivity index (χ1) is 3.95. The van der Waals surface area contributed by atoms with Crippen molar-refractivity contribution in [2.24, 2.45) is 11.8 Å². The number of fused-ring (bicyclic) bond motifs is 5. The van der Waals surface area contributed by atoms with Crippen LogP contribution in [0.25, 0.3) is 0 Å². The number of rotatable bonds is 0. The molecule has 2 fully saturated rings. The van der Waals surface area contributed by atoms with E-state index in [-0.39, 0.29) is 0 Å². The van der Waals surface area contributed by atoms with Gasteiger partial charge in [0.1, 0.15) is 0 Å². The summed E-state index contributed by atoms with van der Waals surface area (Å²) in [5, 5.41) is 0. The van der Waals surface area contributed by atoms with Crippen LogP contribution in [0.4, 0.5) is 0 Å². The highest BCUT2D eigenvalue weighted by atomic mass is 16.6. The van der Waals surface area contributed by atoms with E-state index in [0.717, 1.165) is 11.8 Å². The van der Waals surface area contributed by atoms with Crippen LogP contribution in [0.3, 0.4) is 0 Å². The van der Waals surface area contributed by atoms with E-state index in [1.807, 2.05) is 0 Å². The van der Waals surface area contributed by atoms with Crippen molar-refractivity contribution < 1.29 is 4.74 Å². The molecule has 1 saturated carbocycles. The highest BCUT2D eigenvalue weighted by molar-refractivity contribution is 5.21. The van der Waals surface area contributed by atoms with E-state index in [1.165, 1.54) is 6.42 Å². The summed E-state index contributed by atoms with van der Waals surface area (Å²) in [5.41, 5.74) is 0.